The molecule has 2 amide bonds. The van der Waals surface area contributed by atoms with E-state index in [-0.39, 0.29) is 6.03 Å². The number of nitrogens with zero attached hydrogens (tertiary/aromatic N) is 3. The van der Waals surface area contributed by atoms with Crippen molar-refractivity contribution in [1.29, 1.82) is 0 Å². The average Bonchev–Trinajstić information content (AvgIpc) is 3.03. The van der Waals surface area contributed by atoms with Gasteiger partial charge >= 0.3 is 6.03 Å². The van der Waals surface area contributed by atoms with Crippen LogP contribution in [0.3, 0.4) is 0 Å². The molecular weight excluding hydrogens is 306 g/mol. The number of ether oxygens (including phenoxy) is 1. The number of anilines is 2. The van der Waals surface area contributed by atoms with Crippen LogP contribution in [0.4, 0.5) is 16.3 Å². The number of carbonyl (C=O) groups is 1. The summed E-state index contributed by atoms with van der Waals surface area (Å²) in [6.07, 6.45) is 5.31. The van der Waals surface area contributed by atoms with Gasteiger partial charge in [-0.1, -0.05) is 6.07 Å². The molecule has 2 N–H and O–H groups in total. The summed E-state index contributed by atoms with van der Waals surface area (Å²) in [4.78, 5) is 16.1. The van der Waals surface area contributed by atoms with Gasteiger partial charge in [-0.15, -0.1) is 0 Å². The molecule has 3 rings (SSSR count). The van der Waals surface area contributed by atoms with Crippen molar-refractivity contribution >= 4 is 17.5 Å². The van der Waals surface area contributed by atoms with E-state index in [1.165, 1.54) is 0 Å². The molecule has 0 spiro atoms. The van der Waals surface area contributed by atoms with Gasteiger partial charge in [-0.2, -0.15) is 5.10 Å². The van der Waals surface area contributed by atoms with Crippen molar-refractivity contribution in [1.82, 2.24) is 14.8 Å². The fraction of sp³-hybridized carbons (Fsp3) is 0.118. The third-order valence-corrected chi connectivity index (χ3v) is 3.30. The molecule has 0 atom stereocenters. The zero-order chi connectivity index (χ0) is 16.8. The minimum atomic E-state index is -0.355. The van der Waals surface area contributed by atoms with E-state index < -0.39 is 0 Å². The molecule has 0 aliphatic carbocycles. The maximum absolute atomic E-state index is 12.0. The van der Waals surface area contributed by atoms with Gasteiger partial charge in [0.25, 0.3) is 0 Å². The lowest BCUT2D eigenvalue weighted by Gasteiger charge is -2.06. The van der Waals surface area contributed by atoms with Gasteiger partial charge in [-0.3, -0.25) is 15.0 Å². The van der Waals surface area contributed by atoms with E-state index in [1.54, 1.807) is 60.7 Å². The number of aromatic nitrogens is 3. The van der Waals surface area contributed by atoms with E-state index in [0.29, 0.717) is 18.1 Å². The Hall–Kier alpha value is -3.35. The van der Waals surface area contributed by atoms with Crippen molar-refractivity contribution in [3.05, 3.63) is 66.6 Å². The highest BCUT2D eigenvalue weighted by atomic mass is 16.5. The Kier molecular flexibility index (Phi) is 4.71. The second-order valence-electron chi connectivity index (χ2n) is 5.07. The van der Waals surface area contributed by atoms with Crippen LogP contribution >= 0.6 is 0 Å². The molecule has 24 heavy (non-hydrogen) atoms. The smallest absolute Gasteiger partial charge is 0.324 e. The van der Waals surface area contributed by atoms with Crippen LogP contribution in [0.5, 0.6) is 5.75 Å². The molecular formula is C17H17N5O2. The van der Waals surface area contributed by atoms with Crippen molar-refractivity contribution in [3.8, 4) is 5.75 Å². The lowest BCUT2D eigenvalue weighted by molar-refractivity contribution is 0.262. The van der Waals surface area contributed by atoms with Crippen molar-refractivity contribution in [2.24, 2.45) is 0 Å². The molecule has 0 aliphatic rings. The predicted octanol–water partition coefficient (Wildman–Crippen LogP) is 2.98. The van der Waals surface area contributed by atoms with Crippen LogP contribution < -0.4 is 15.4 Å². The van der Waals surface area contributed by atoms with Crippen molar-refractivity contribution < 1.29 is 9.53 Å². The summed E-state index contributed by atoms with van der Waals surface area (Å²) in [6, 6.07) is 12.3. The SMILES string of the molecule is COc1ccc(NC(=O)Nc2ccn(Cc3cccnc3)n2)cc1. The second kappa shape index (κ2) is 7.28. The first kappa shape index (κ1) is 15.5. The van der Waals surface area contributed by atoms with E-state index in [9.17, 15) is 4.79 Å². The van der Waals surface area contributed by atoms with E-state index >= 15 is 0 Å². The number of nitrogens with one attached hydrogen (secondary N) is 2. The molecule has 0 radical (unpaired) electrons. The Balaban J connectivity index is 1.56. The first-order valence-corrected chi connectivity index (χ1v) is 7.37. The first-order valence-electron chi connectivity index (χ1n) is 7.37. The number of methoxy groups -OCH3 is 1. The molecule has 0 aliphatic heterocycles. The van der Waals surface area contributed by atoms with E-state index in [2.05, 4.69) is 20.7 Å². The molecule has 7 nitrogen and oxygen atoms in total. The second-order valence-corrected chi connectivity index (χ2v) is 5.07. The number of benzene rings is 1. The van der Waals surface area contributed by atoms with Gasteiger partial charge in [-0.25, -0.2) is 4.79 Å². The molecule has 0 unspecified atom stereocenters. The van der Waals surface area contributed by atoms with Gasteiger partial charge in [0.05, 0.1) is 13.7 Å². The Morgan fingerprint density at radius 3 is 2.71 bits per heavy atom. The molecule has 0 saturated carbocycles. The number of carbonyl (C=O) groups excluding carboxylic acids is 1. The van der Waals surface area contributed by atoms with Gasteiger partial charge < -0.3 is 10.1 Å². The fourth-order valence-electron chi connectivity index (χ4n) is 2.15. The van der Waals surface area contributed by atoms with Crippen LogP contribution in [-0.4, -0.2) is 27.9 Å². The van der Waals surface area contributed by atoms with Crippen molar-refractivity contribution in [2.45, 2.75) is 6.54 Å². The first-order chi connectivity index (χ1) is 11.7. The van der Waals surface area contributed by atoms with Crippen molar-refractivity contribution in [3.63, 3.8) is 0 Å². The summed E-state index contributed by atoms with van der Waals surface area (Å²) < 4.78 is 6.81. The van der Waals surface area contributed by atoms with Crippen LogP contribution in [0.2, 0.25) is 0 Å². The Bertz CT molecular complexity index is 799. The maximum Gasteiger partial charge on any atom is 0.324 e. The number of hydrogen-bond donors (Lipinski definition) is 2. The summed E-state index contributed by atoms with van der Waals surface area (Å²) in [5, 5.41) is 9.74. The molecule has 1 aromatic carbocycles. The molecule has 7 heteroatoms. The zero-order valence-corrected chi connectivity index (χ0v) is 13.1. The molecule has 0 bridgehead atoms. The van der Waals surface area contributed by atoms with Crippen molar-refractivity contribution in [2.75, 3.05) is 17.7 Å². The van der Waals surface area contributed by atoms with Gasteiger partial charge in [0.1, 0.15) is 5.75 Å². The topological polar surface area (TPSA) is 81.1 Å². The number of hydrogen-bond acceptors (Lipinski definition) is 4. The molecule has 0 fully saturated rings. The average molecular weight is 323 g/mol. The van der Waals surface area contributed by atoms with E-state index in [4.69, 9.17) is 4.74 Å². The van der Waals surface area contributed by atoms with E-state index in [1.807, 2.05) is 12.1 Å². The summed E-state index contributed by atoms with van der Waals surface area (Å²) in [7, 11) is 1.59. The number of amides is 2. The molecule has 2 aromatic heterocycles. The summed E-state index contributed by atoms with van der Waals surface area (Å²) in [6.45, 7) is 0.593. The molecule has 2 heterocycles. The number of pyridine rings is 1. The highest BCUT2D eigenvalue weighted by molar-refractivity contribution is 5.99. The number of urea groups is 1. The Labute approximate surface area is 139 Å². The van der Waals surface area contributed by atoms with Gasteiger partial charge in [0.2, 0.25) is 0 Å². The van der Waals surface area contributed by atoms with Crippen LogP contribution in [0.1, 0.15) is 5.56 Å². The summed E-state index contributed by atoms with van der Waals surface area (Å²) in [5.41, 5.74) is 1.71. The van der Waals surface area contributed by atoms with Crippen LogP contribution in [0.15, 0.2) is 61.1 Å². The standard InChI is InChI=1S/C17H17N5O2/c1-24-15-6-4-14(5-7-15)19-17(23)20-16-8-10-22(21-16)12-13-3-2-9-18-11-13/h2-11H,12H2,1H3,(H2,19,20,21,23). The normalized spacial score (nSPS) is 10.2. The zero-order valence-electron chi connectivity index (χ0n) is 13.1. The third-order valence-electron chi connectivity index (χ3n) is 3.30. The lowest BCUT2D eigenvalue weighted by Crippen LogP contribution is -2.19. The quantitative estimate of drug-likeness (QED) is 0.756. The Morgan fingerprint density at radius 1 is 1.17 bits per heavy atom. The van der Waals surface area contributed by atoms with Gasteiger partial charge in [0.15, 0.2) is 5.82 Å². The largest absolute Gasteiger partial charge is 0.497 e. The molecule has 0 saturated heterocycles. The van der Waals surface area contributed by atoms with Crippen LogP contribution in [0.25, 0.3) is 0 Å². The highest BCUT2D eigenvalue weighted by Crippen LogP contribution is 2.15. The number of rotatable bonds is 5. The monoisotopic (exact) mass is 323 g/mol. The minimum absolute atomic E-state index is 0.355. The molecule has 3 aromatic rings. The summed E-state index contributed by atoms with van der Waals surface area (Å²) in [5.74, 6) is 1.21. The maximum atomic E-state index is 12.0. The summed E-state index contributed by atoms with van der Waals surface area (Å²) >= 11 is 0. The lowest BCUT2D eigenvalue weighted by atomic mass is 10.3. The minimum Gasteiger partial charge on any atom is -0.497 e. The van der Waals surface area contributed by atoms with Crippen LogP contribution in [-0.2, 0) is 6.54 Å². The highest BCUT2D eigenvalue weighted by Gasteiger charge is 2.06. The Morgan fingerprint density at radius 2 is 2.00 bits per heavy atom. The fourth-order valence-corrected chi connectivity index (χ4v) is 2.15. The van der Waals surface area contributed by atoms with E-state index in [0.717, 1.165) is 11.3 Å². The van der Waals surface area contributed by atoms with Crippen LogP contribution in [0, 0.1) is 0 Å². The molecule has 122 valence electrons. The predicted molar refractivity (Wildman–Crippen MR) is 91.2 cm³/mol. The van der Waals surface area contributed by atoms with Gasteiger partial charge in [0, 0.05) is 30.3 Å². The third kappa shape index (κ3) is 4.10. The van der Waals surface area contributed by atoms with Gasteiger partial charge in [-0.05, 0) is 35.9 Å².